The van der Waals surface area contributed by atoms with Crippen LogP contribution in [-0.2, 0) is 4.79 Å². The van der Waals surface area contributed by atoms with Gasteiger partial charge in [-0.25, -0.2) is 0 Å². The van der Waals surface area contributed by atoms with Crippen molar-refractivity contribution in [1.29, 1.82) is 0 Å². The van der Waals surface area contributed by atoms with Gasteiger partial charge in [0.1, 0.15) is 5.71 Å². The molecule has 1 aromatic rings. The zero-order valence-electron chi connectivity index (χ0n) is 14.6. The van der Waals surface area contributed by atoms with E-state index in [1.807, 2.05) is 59.9 Å². The lowest BCUT2D eigenvalue weighted by Gasteiger charge is -2.32. The lowest BCUT2D eigenvalue weighted by molar-refractivity contribution is -0.126. The number of carbonyl (C=O) groups is 1. The fourth-order valence-corrected chi connectivity index (χ4v) is 2.19. The Hall–Kier alpha value is -1.55. The molecule has 0 unspecified atom stereocenters. The van der Waals surface area contributed by atoms with Gasteiger partial charge in [-0.1, -0.05) is 18.5 Å². The molecular weight excluding hydrogens is 298 g/mol. The van der Waals surface area contributed by atoms with E-state index in [1.165, 1.54) is 0 Å². The van der Waals surface area contributed by atoms with Gasteiger partial charge in [0.25, 0.3) is 5.91 Å². The van der Waals surface area contributed by atoms with Crippen LogP contribution in [0.3, 0.4) is 0 Å². The van der Waals surface area contributed by atoms with E-state index in [0.717, 1.165) is 11.3 Å². The Kier molecular flexibility index (Phi) is 6.00. The predicted molar refractivity (Wildman–Crippen MR) is 94.8 cm³/mol. The molecule has 0 saturated heterocycles. The molecule has 0 atom stereocenters. The van der Waals surface area contributed by atoms with Crippen molar-refractivity contribution >= 4 is 28.9 Å². The molecule has 0 aliphatic carbocycles. The molecule has 0 spiro atoms. The van der Waals surface area contributed by atoms with Gasteiger partial charge in [-0.05, 0) is 57.9 Å². The average Bonchev–Trinajstić information content (AvgIpc) is 2.40. The van der Waals surface area contributed by atoms with Crippen LogP contribution in [0.1, 0.15) is 39.7 Å². The minimum atomic E-state index is -0.238. The normalized spacial score (nSPS) is 12.3. The number of rotatable bonds is 4. The summed E-state index contributed by atoms with van der Waals surface area (Å²) in [5.74, 6) is -0.0550. The molecule has 0 bridgehead atoms. The highest BCUT2D eigenvalue weighted by Crippen LogP contribution is 2.22. The van der Waals surface area contributed by atoms with Gasteiger partial charge in [0, 0.05) is 24.7 Å². The summed E-state index contributed by atoms with van der Waals surface area (Å²) in [5.41, 5.74) is 2.21. The molecule has 0 saturated carbocycles. The maximum Gasteiger partial charge on any atom is 0.270 e. The summed E-state index contributed by atoms with van der Waals surface area (Å²) in [6.45, 7) is 9.92. The van der Waals surface area contributed by atoms with Gasteiger partial charge in [0.05, 0.1) is 5.69 Å². The first kappa shape index (κ1) is 18.5. The second-order valence-electron chi connectivity index (χ2n) is 6.45. The number of hydrogen-bond acceptors (Lipinski definition) is 3. The third-order valence-corrected chi connectivity index (χ3v) is 3.78. The minimum Gasteiger partial charge on any atom is -0.336 e. The monoisotopic (exact) mass is 323 g/mol. The smallest absolute Gasteiger partial charge is 0.270 e. The van der Waals surface area contributed by atoms with Crippen molar-refractivity contribution < 1.29 is 4.79 Å². The summed E-state index contributed by atoms with van der Waals surface area (Å²) < 4.78 is 0. The maximum absolute atomic E-state index is 12.6. The second-order valence-corrected chi connectivity index (χ2v) is 6.88. The number of hydrogen-bond donors (Lipinski definition) is 0. The summed E-state index contributed by atoms with van der Waals surface area (Å²) in [6.07, 6.45) is 0.573. The van der Waals surface area contributed by atoms with Crippen molar-refractivity contribution in [2.24, 2.45) is 5.10 Å². The van der Waals surface area contributed by atoms with E-state index >= 15 is 0 Å². The molecule has 0 heterocycles. The Labute approximate surface area is 138 Å². The van der Waals surface area contributed by atoms with Gasteiger partial charge in [0.2, 0.25) is 0 Å². The SMILES string of the molecule is CC/C(=N\N(C)c1cc(C)cc(Cl)c1)C(=O)N(C)C(C)(C)C. The van der Waals surface area contributed by atoms with E-state index in [1.54, 1.807) is 17.0 Å². The summed E-state index contributed by atoms with van der Waals surface area (Å²) in [7, 11) is 3.63. The lowest BCUT2D eigenvalue weighted by Crippen LogP contribution is -2.46. The first-order valence-corrected chi connectivity index (χ1v) is 7.80. The topological polar surface area (TPSA) is 35.9 Å². The van der Waals surface area contributed by atoms with Crippen molar-refractivity contribution in [2.45, 2.75) is 46.6 Å². The number of halogens is 1. The van der Waals surface area contributed by atoms with Crippen LogP contribution >= 0.6 is 11.6 Å². The zero-order chi connectivity index (χ0) is 17.1. The Morgan fingerprint density at radius 3 is 2.27 bits per heavy atom. The Bertz CT molecular complexity index is 556. The third-order valence-electron chi connectivity index (χ3n) is 3.56. The van der Waals surface area contributed by atoms with Gasteiger partial charge in [0.15, 0.2) is 0 Å². The summed E-state index contributed by atoms with van der Waals surface area (Å²) in [4.78, 5) is 14.3. The Morgan fingerprint density at radius 2 is 1.82 bits per heavy atom. The number of nitrogens with zero attached hydrogens (tertiary/aromatic N) is 3. The van der Waals surface area contributed by atoms with Crippen LogP contribution in [0.5, 0.6) is 0 Å². The third kappa shape index (κ3) is 4.73. The molecule has 1 rings (SSSR count). The zero-order valence-corrected chi connectivity index (χ0v) is 15.3. The molecule has 4 nitrogen and oxygen atoms in total. The quantitative estimate of drug-likeness (QED) is 0.617. The molecule has 1 aromatic carbocycles. The number of amides is 1. The van der Waals surface area contributed by atoms with Crippen LogP contribution in [0.15, 0.2) is 23.3 Å². The van der Waals surface area contributed by atoms with Gasteiger partial charge in [-0.3, -0.25) is 9.80 Å². The number of benzene rings is 1. The van der Waals surface area contributed by atoms with Crippen LogP contribution < -0.4 is 5.01 Å². The molecule has 0 radical (unpaired) electrons. The van der Waals surface area contributed by atoms with Crippen molar-refractivity contribution in [3.8, 4) is 0 Å². The highest BCUT2D eigenvalue weighted by atomic mass is 35.5. The summed E-state index contributed by atoms with van der Waals surface area (Å²) in [5, 5.41) is 6.84. The van der Waals surface area contributed by atoms with Crippen molar-refractivity contribution in [1.82, 2.24) is 4.90 Å². The van der Waals surface area contributed by atoms with Gasteiger partial charge >= 0.3 is 0 Å². The fourth-order valence-electron chi connectivity index (χ4n) is 1.91. The molecule has 0 aromatic heterocycles. The fraction of sp³-hybridized carbons (Fsp3) is 0.529. The summed E-state index contributed by atoms with van der Waals surface area (Å²) >= 11 is 6.09. The highest BCUT2D eigenvalue weighted by Gasteiger charge is 2.25. The van der Waals surface area contributed by atoms with Crippen molar-refractivity contribution in [2.75, 3.05) is 19.1 Å². The molecule has 122 valence electrons. The lowest BCUT2D eigenvalue weighted by atomic mass is 10.1. The van der Waals surface area contributed by atoms with Crippen LogP contribution in [0.25, 0.3) is 0 Å². The molecule has 0 fully saturated rings. The number of hydrazone groups is 1. The second kappa shape index (κ2) is 7.14. The largest absolute Gasteiger partial charge is 0.336 e. The molecule has 0 aliphatic heterocycles. The Morgan fingerprint density at radius 1 is 1.23 bits per heavy atom. The molecule has 22 heavy (non-hydrogen) atoms. The van der Waals surface area contributed by atoms with E-state index in [-0.39, 0.29) is 11.4 Å². The van der Waals surface area contributed by atoms with E-state index in [0.29, 0.717) is 17.2 Å². The van der Waals surface area contributed by atoms with Crippen LogP contribution in [-0.4, -0.2) is 36.2 Å². The predicted octanol–water partition coefficient (Wildman–Crippen LogP) is 4.11. The number of carbonyl (C=O) groups excluding carboxylic acids is 1. The van der Waals surface area contributed by atoms with E-state index in [9.17, 15) is 4.79 Å². The summed E-state index contributed by atoms with van der Waals surface area (Å²) in [6, 6.07) is 5.71. The first-order chi connectivity index (χ1) is 10.1. The molecule has 0 N–H and O–H groups in total. The Balaban J connectivity index is 3.08. The molecule has 5 heteroatoms. The minimum absolute atomic E-state index is 0.0550. The standard InChI is InChI=1S/C17H26ClN3O/c1-8-15(16(22)20(6)17(3,4)5)19-21(7)14-10-12(2)9-13(18)11-14/h9-11H,8H2,1-7H3/b19-15+. The average molecular weight is 324 g/mol. The highest BCUT2D eigenvalue weighted by molar-refractivity contribution is 6.38. The molecule has 0 aliphatic rings. The van der Waals surface area contributed by atoms with Crippen molar-refractivity contribution in [3.63, 3.8) is 0 Å². The molecular formula is C17H26ClN3O. The van der Waals surface area contributed by atoms with Gasteiger partial charge < -0.3 is 4.90 Å². The van der Waals surface area contributed by atoms with Crippen LogP contribution in [0.2, 0.25) is 5.02 Å². The van der Waals surface area contributed by atoms with Crippen LogP contribution in [0, 0.1) is 6.92 Å². The van der Waals surface area contributed by atoms with E-state index in [4.69, 9.17) is 11.6 Å². The van der Waals surface area contributed by atoms with E-state index in [2.05, 4.69) is 5.10 Å². The maximum atomic E-state index is 12.6. The van der Waals surface area contributed by atoms with Gasteiger partial charge in [-0.15, -0.1) is 0 Å². The van der Waals surface area contributed by atoms with Crippen LogP contribution in [0.4, 0.5) is 5.69 Å². The van der Waals surface area contributed by atoms with E-state index < -0.39 is 0 Å². The first-order valence-electron chi connectivity index (χ1n) is 7.42. The van der Waals surface area contributed by atoms with Crippen molar-refractivity contribution in [3.05, 3.63) is 28.8 Å². The number of anilines is 1. The van der Waals surface area contributed by atoms with Gasteiger partial charge in [-0.2, -0.15) is 5.10 Å². The number of aryl methyl sites for hydroxylation is 1. The molecule has 1 amide bonds.